The first-order valence-corrected chi connectivity index (χ1v) is 6.29. The van der Waals surface area contributed by atoms with E-state index in [4.69, 9.17) is 5.73 Å². The maximum Gasteiger partial charge on any atom is 0.249 e. The smallest absolute Gasteiger partial charge is 0.249 e. The Bertz CT molecular complexity index is 476. The molecule has 4 N–H and O–H groups in total. The highest BCUT2D eigenvalue weighted by Gasteiger charge is 2.26. The van der Waals surface area contributed by atoms with Crippen molar-refractivity contribution in [1.82, 2.24) is 5.32 Å². The second-order valence-electron chi connectivity index (χ2n) is 3.88. The minimum absolute atomic E-state index is 0.219. The quantitative estimate of drug-likeness (QED) is 0.426. The van der Waals surface area contributed by atoms with E-state index in [1.165, 1.54) is 0 Å². The lowest BCUT2D eigenvalue weighted by Crippen LogP contribution is -2.47. The summed E-state index contributed by atoms with van der Waals surface area (Å²) in [5, 5.41) is 5.35. The first-order chi connectivity index (χ1) is 8.06. The lowest BCUT2D eigenvalue weighted by atomic mass is 10.1. The zero-order valence-corrected chi connectivity index (χ0v) is 11.2. The van der Waals surface area contributed by atoms with Crippen LogP contribution in [0.5, 0.6) is 0 Å². The summed E-state index contributed by atoms with van der Waals surface area (Å²) in [6, 6.07) is 5.18. The molecule has 1 aliphatic heterocycles. The zero-order chi connectivity index (χ0) is 12.4. The SMILES string of the molecule is Nc1cc(I)ccc1NC1CCC(=O)NC1=O. The number of piperidine rings is 1. The average molecular weight is 345 g/mol. The van der Waals surface area contributed by atoms with Gasteiger partial charge in [0, 0.05) is 9.99 Å². The van der Waals surface area contributed by atoms with E-state index in [2.05, 4.69) is 33.2 Å². The summed E-state index contributed by atoms with van der Waals surface area (Å²) in [7, 11) is 0. The number of anilines is 2. The lowest BCUT2D eigenvalue weighted by Gasteiger charge is -2.23. The number of carbonyl (C=O) groups is 2. The third-order valence-electron chi connectivity index (χ3n) is 2.58. The van der Waals surface area contributed by atoms with Crippen molar-refractivity contribution < 1.29 is 9.59 Å². The van der Waals surface area contributed by atoms with Gasteiger partial charge in [-0.2, -0.15) is 0 Å². The predicted octanol–water partition coefficient (Wildman–Crippen LogP) is 1.09. The monoisotopic (exact) mass is 345 g/mol. The minimum atomic E-state index is -0.393. The van der Waals surface area contributed by atoms with Crippen LogP contribution in [0.1, 0.15) is 12.8 Å². The Morgan fingerprint density at radius 2 is 2.18 bits per heavy atom. The third-order valence-corrected chi connectivity index (χ3v) is 3.25. The molecule has 1 fully saturated rings. The molecule has 1 aromatic carbocycles. The highest BCUT2D eigenvalue weighted by atomic mass is 127. The molecule has 2 rings (SSSR count). The number of benzene rings is 1. The van der Waals surface area contributed by atoms with E-state index < -0.39 is 6.04 Å². The molecule has 0 saturated carbocycles. The second-order valence-corrected chi connectivity index (χ2v) is 5.13. The summed E-state index contributed by atoms with van der Waals surface area (Å²) in [5.41, 5.74) is 7.17. The van der Waals surface area contributed by atoms with E-state index in [1.54, 1.807) is 0 Å². The topological polar surface area (TPSA) is 84.2 Å². The Morgan fingerprint density at radius 3 is 2.82 bits per heavy atom. The van der Waals surface area contributed by atoms with Crippen LogP contribution < -0.4 is 16.4 Å². The largest absolute Gasteiger partial charge is 0.397 e. The fourth-order valence-electron chi connectivity index (χ4n) is 1.68. The van der Waals surface area contributed by atoms with Crippen molar-refractivity contribution in [2.75, 3.05) is 11.1 Å². The number of carbonyl (C=O) groups excluding carboxylic acids is 2. The lowest BCUT2D eigenvalue weighted by molar-refractivity contribution is -0.133. The molecule has 1 unspecified atom stereocenters. The Kier molecular flexibility index (Phi) is 3.51. The van der Waals surface area contributed by atoms with Crippen molar-refractivity contribution in [2.45, 2.75) is 18.9 Å². The van der Waals surface area contributed by atoms with Crippen LogP contribution in [0.3, 0.4) is 0 Å². The number of halogens is 1. The number of hydrogen-bond donors (Lipinski definition) is 3. The van der Waals surface area contributed by atoms with Crippen LogP contribution in [0.25, 0.3) is 0 Å². The van der Waals surface area contributed by atoms with Crippen LogP contribution in [0.4, 0.5) is 11.4 Å². The molecule has 1 saturated heterocycles. The number of nitrogens with one attached hydrogen (secondary N) is 2. The van der Waals surface area contributed by atoms with Gasteiger partial charge in [0.1, 0.15) is 6.04 Å². The van der Waals surface area contributed by atoms with Gasteiger partial charge in [-0.3, -0.25) is 14.9 Å². The van der Waals surface area contributed by atoms with Crippen LogP contribution in [0.15, 0.2) is 18.2 Å². The molecule has 1 aromatic rings. The van der Waals surface area contributed by atoms with Crippen LogP contribution in [0.2, 0.25) is 0 Å². The molecule has 0 bridgehead atoms. The number of hydrogen-bond acceptors (Lipinski definition) is 4. The molecular formula is C11H12IN3O2. The molecule has 1 aliphatic rings. The van der Waals surface area contributed by atoms with Gasteiger partial charge in [0.25, 0.3) is 0 Å². The highest BCUT2D eigenvalue weighted by Crippen LogP contribution is 2.23. The zero-order valence-electron chi connectivity index (χ0n) is 9.00. The van der Waals surface area contributed by atoms with Gasteiger partial charge in [0.05, 0.1) is 11.4 Å². The van der Waals surface area contributed by atoms with E-state index in [-0.39, 0.29) is 11.8 Å². The molecule has 2 amide bonds. The predicted molar refractivity (Wildman–Crippen MR) is 73.4 cm³/mol. The molecule has 0 spiro atoms. The number of nitrogens with two attached hydrogens (primary N) is 1. The summed E-state index contributed by atoms with van der Waals surface area (Å²) in [5.74, 6) is -0.511. The maximum absolute atomic E-state index is 11.6. The van der Waals surface area contributed by atoms with Crippen LogP contribution in [0, 0.1) is 3.57 Å². The van der Waals surface area contributed by atoms with Crippen molar-refractivity contribution in [3.8, 4) is 0 Å². The van der Waals surface area contributed by atoms with E-state index in [1.807, 2.05) is 18.2 Å². The van der Waals surface area contributed by atoms with E-state index in [0.29, 0.717) is 18.5 Å². The first kappa shape index (κ1) is 12.2. The summed E-state index contributed by atoms with van der Waals surface area (Å²) >= 11 is 2.17. The van der Waals surface area contributed by atoms with Crippen molar-refractivity contribution in [1.29, 1.82) is 0 Å². The number of nitrogen functional groups attached to an aromatic ring is 1. The molecule has 5 nitrogen and oxygen atoms in total. The third kappa shape index (κ3) is 2.87. The van der Waals surface area contributed by atoms with E-state index in [0.717, 1.165) is 9.26 Å². The summed E-state index contributed by atoms with van der Waals surface area (Å²) in [6.07, 6.45) is 0.851. The van der Waals surface area contributed by atoms with Gasteiger partial charge in [-0.15, -0.1) is 0 Å². The van der Waals surface area contributed by atoms with E-state index >= 15 is 0 Å². The van der Waals surface area contributed by atoms with Gasteiger partial charge < -0.3 is 11.1 Å². The van der Waals surface area contributed by atoms with Crippen LogP contribution in [-0.4, -0.2) is 17.9 Å². The van der Waals surface area contributed by atoms with Crippen molar-refractivity contribution in [2.24, 2.45) is 0 Å². The fourth-order valence-corrected chi connectivity index (χ4v) is 2.20. The molecular weight excluding hydrogens is 333 g/mol. The summed E-state index contributed by atoms with van der Waals surface area (Å²) in [6.45, 7) is 0. The average Bonchev–Trinajstić information content (AvgIpc) is 2.25. The minimum Gasteiger partial charge on any atom is -0.397 e. The van der Waals surface area contributed by atoms with Gasteiger partial charge in [0.2, 0.25) is 11.8 Å². The van der Waals surface area contributed by atoms with Crippen LogP contribution in [-0.2, 0) is 9.59 Å². The van der Waals surface area contributed by atoms with Gasteiger partial charge in [0.15, 0.2) is 0 Å². The fraction of sp³-hybridized carbons (Fsp3) is 0.273. The summed E-state index contributed by atoms with van der Waals surface area (Å²) in [4.78, 5) is 22.5. The van der Waals surface area contributed by atoms with Crippen molar-refractivity contribution >= 4 is 45.8 Å². The van der Waals surface area contributed by atoms with Gasteiger partial charge in [-0.25, -0.2) is 0 Å². The molecule has 6 heteroatoms. The molecule has 1 atom stereocenters. The van der Waals surface area contributed by atoms with Crippen molar-refractivity contribution in [3.05, 3.63) is 21.8 Å². The molecule has 0 radical (unpaired) electrons. The maximum atomic E-state index is 11.6. The number of amides is 2. The Labute approximate surface area is 112 Å². The molecule has 90 valence electrons. The van der Waals surface area contributed by atoms with E-state index in [9.17, 15) is 9.59 Å². The normalized spacial score (nSPS) is 19.9. The number of rotatable bonds is 2. The Morgan fingerprint density at radius 1 is 1.41 bits per heavy atom. The highest BCUT2D eigenvalue weighted by molar-refractivity contribution is 14.1. The van der Waals surface area contributed by atoms with Crippen molar-refractivity contribution in [3.63, 3.8) is 0 Å². The van der Waals surface area contributed by atoms with Crippen LogP contribution >= 0.6 is 22.6 Å². The summed E-state index contributed by atoms with van der Waals surface area (Å²) < 4.78 is 1.04. The number of imide groups is 1. The molecule has 0 aliphatic carbocycles. The molecule has 17 heavy (non-hydrogen) atoms. The Hall–Kier alpha value is -1.31. The van der Waals surface area contributed by atoms with Gasteiger partial charge >= 0.3 is 0 Å². The second kappa shape index (κ2) is 4.91. The van der Waals surface area contributed by atoms with Gasteiger partial charge in [-0.1, -0.05) is 0 Å². The molecule has 0 aromatic heterocycles. The standard InChI is InChI=1S/C11H12IN3O2/c12-6-1-2-8(7(13)5-6)14-9-3-4-10(16)15-11(9)17/h1-2,5,9,14H,3-4,13H2,(H,15,16,17). The molecule has 1 heterocycles. The van der Waals surface area contributed by atoms with Gasteiger partial charge in [-0.05, 0) is 47.2 Å². The Balaban J connectivity index is 2.10. The first-order valence-electron chi connectivity index (χ1n) is 5.21.